The highest BCUT2D eigenvalue weighted by Crippen LogP contribution is 2.11. The highest BCUT2D eigenvalue weighted by molar-refractivity contribution is 6.28. The van der Waals surface area contributed by atoms with E-state index in [9.17, 15) is 24.3 Å². The molecule has 35 heavy (non-hydrogen) atoms. The van der Waals surface area contributed by atoms with Gasteiger partial charge >= 0.3 is 0 Å². The third-order valence-electron chi connectivity index (χ3n) is 5.44. The van der Waals surface area contributed by atoms with Crippen LogP contribution in [0.4, 0.5) is 0 Å². The number of amides is 3. The minimum absolute atomic E-state index is 0.103. The number of alkyl halides is 1. The number of nitrogens with zero attached hydrogens (tertiary/aromatic N) is 1. The van der Waals surface area contributed by atoms with Crippen LogP contribution in [0.3, 0.4) is 0 Å². The standard InChI is InChI=1S/C25H31ClN4O5/c1-16(28-25(35)20(27)12-18-8-10-19(31)11-9-18)24(34)29-23(33)15-30(2)21(22(32)14-26)13-17-6-4-3-5-7-17/h3-11,16,20-21,31H,12-15,27H2,1-2H3,(H,28,35)(H,29,33,34)/t16-,20+,21+/m1/s1. The zero-order valence-electron chi connectivity index (χ0n) is 19.7. The van der Waals surface area contributed by atoms with Crippen LogP contribution in [0, 0.1) is 0 Å². The van der Waals surface area contributed by atoms with Crippen molar-refractivity contribution in [3.63, 3.8) is 0 Å². The molecule has 2 aromatic carbocycles. The Balaban J connectivity index is 1.87. The van der Waals surface area contributed by atoms with Crippen molar-refractivity contribution >= 4 is 35.1 Å². The van der Waals surface area contributed by atoms with Crippen LogP contribution in [-0.4, -0.2) is 71.1 Å². The van der Waals surface area contributed by atoms with Crippen LogP contribution in [0.25, 0.3) is 0 Å². The summed E-state index contributed by atoms with van der Waals surface area (Å²) in [6.45, 7) is 1.22. The van der Waals surface area contributed by atoms with Crippen LogP contribution in [0.15, 0.2) is 54.6 Å². The lowest BCUT2D eigenvalue weighted by Crippen LogP contribution is -2.53. The number of likely N-dealkylation sites (N-methyl/N-ethyl adjacent to an activating group) is 1. The first-order chi connectivity index (χ1) is 16.6. The molecule has 0 aliphatic carbocycles. The summed E-state index contributed by atoms with van der Waals surface area (Å²) < 4.78 is 0. The van der Waals surface area contributed by atoms with Crippen LogP contribution in [0.1, 0.15) is 18.1 Å². The molecule has 188 valence electrons. The second kappa shape index (κ2) is 13.6. The Labute approximate surface area is 209 Å². The normalized spacial score (nSPS) is 13.5. The molecule has 0 aliphatic rings. The Kier molecular flexibility index (Phi) is 10.8. The van der Waals surface area contributed by atoms with Crippen molar-refractivity contribution in [3.05, 3.63) is 65.7 Å². The average Bonchev–Trinajstić information content (AvgIpc) is 2.83. The molecule has 0 bridgehead atoms. The van der Waals surface area contributed by atoms with Gasteiger partial charge in [0.1, 0.15) is 11.8 Å². The maximum Gasteiger partial charge on any atom is 0.248 e. The van der Waals surface area contributed by atoms with E-state index in [2.05, 4.69) is 10.6 Å². The van der Waals surface area contributed by atoms with E-state index in [1.807, 2.05) is 30.3 Å². The van der Waals surface area contributed by atoms with Gasteiger partial charge in [-0.1, -0.05) is 42.5 Å². The number of carbonyl (C=O) groups is 4. The number of nitrogens with two attached hydrogens (primary N) is 1. The average molecular weight is 503 g/mol. The molecule has 10 heteroatoms. The third kappa shape index (κ3) is 9.12. The Morgan fingerprint density at radius 3 is 2.17 bits per heavy atom. The molecule has 0 unspecified atom stereocenters. The first-order valence-electron chi connectivity index (χ1n) is 11.1. The van der Waals surface area contributed by atoms with Gasteiger partial charge in [0.05, 0.1) is 24.5 Å². The Bertz CT molecular complexity index is 1020. The second-order valence-corrected chi connectivity index (χ2v) is 8.61. The number of nitrogens with one attached hydrogen (secondary N) is 2. The number of aromatic hydroxyl groups is 1. The lowest BCUT2D eigenvalue weighted by Gasteiger charge is -2.26. The molecule has 3 amide bonds. The van der Waals surface area contributed by atoms with E-state index in [0.717, 1.165) is 11.1 Å². The second-order valence-electron chi connectivity index (χ2n) is 8.34. The number of hydrogen-bond donors (Lipinski definition) is 4. The van der Waals surface area contributed by atoms with Gasteiger partial charge in [-0.2, -0.15) is 0 Å². The van der Waals surface area contributed by atoms with E-state index < -0.39 is 35.8 Å². The number of phenolic OH excluding ortho intramolecular Hbond substituents is 1. The monoisotopic (exact) mass is 502 g/mol. The smallest absolute Gasteiger partial charge is 0.248 e. The number of phenols is 1. The molecule has 0 aromatic heterocycles. The van der Waals surface area contributed by atoms with Crippen molar-refractivity contribution in [2.45, 2.75) is 37.9 Å². The molecule has 0 heterocycles. The molecule has 3 atom stereocenters. The highest BCUT2D eigenvalue weighted by atomic mass is 35.5. The molecule has 2 rings (SSSR count). The van der Waals surface area contributed by atoms with Crippen LogP contribution < -0.4 is 16.4 Å². The lowest BCUT2D eigenvalue weighted by atomic mass is 10.0. The molecular weight excluding hydrogens is 472 g/mol. The molecule has 2 aromatic rings. The van der Waals surface area contributed by atoms with Gasteiger partial charge < -0.3 is 16.2 Å². The van der Waals surface area contributed by atoms with Crippen molar-refractivity contribution in [1.29, 1.82) is 0 Å². The van der Waals surface area contributed by atoms with Gasteiger partial charge in [0, 0.05) is 0 Å². The van der Waals surface area contributed by atoms with E-state index in [1.165, 1.54) is 24.0 Å². The summed E-state index contributed by atoms with van der Waals surface area (Å²) in [7, 11) is 1.61. The predicted octanol–water partition coefficient (Wildman–Crippen LogP) is 0.761. The first-order valence-corrected chi connectivity index (χ1v) is 11.6. The molecule has 0 aliphatic heterocycles. The molecule has 0 radical (unpaired) electrons. The van der Waals surface area contributed by atoms with E-state index in [-0.39, 0.29) is 30.4 Å². The number of carbonyl (C=O) groups excluding carboxylic acids is 4. The van der Waals surface area contributed by atoms with Crippen LogP contribution in [-0.2, 0) is 32.0 Å². The minimum Gasteiger partial charge on any atom is -0.508 e. The van der Waals surface area contributed by atoms with Crippen molar-refractivity contribution in [1.82, 2.24) is 15.5 Å². The topological polar surface area (TPSA) is 142 Å². The zero-order chi connectivity index (χ0) is 26.0. The van der Waals surface area contributed by atoms with Gasteiger partial charge in [0.25, 0.3) is 0 Å². The Hall–Kier alpha value is -3.27. The SMILES string of the molecule is C[C@@H](NC(=O)[C@@H](N)Cc1ccc(O)cc1)C(=O)NC(=O)CN(C)[C@@H](Cc1ccccc1)C(=O)CCl. The Morgan fingerprint density at radius 1 is 0.971 bits per heavy atom. The number of imide groups is 1. The molecule has 0 spiro atoms. The fourth-order valence-electron chi connectivity index (χ4n) is 3.43. The van der Waals surface area contributed by atoms with Gasteiger partial charge in [-0.05, 0) is 50.1 Å². The molecule has 9 nitrogen and oxygen atoms in total. The maximum absolute atomic E-state index is 12.4. The molecular formula is C25H31ClN4O5. The highest BCUT2D eigenvalue weighted by Gasteiger charge is 2.26. The Morgan fingerprint density at radius 2 is 1.57 bits per heavy atom. The summed E-state index contributed by atoms with van der Waals surface area (Å²) in [6.07, 6.45) is 0.580. The molecule has 0 saturated heterocycles. The third-order valence-corrected chi connectivity index (χ3v) is 5.71. The summed E-state index contributed by atoms with van der Waals surface area (Å²) in [5, 5.41) is 14.1. The number of Topliss-reactive ketones (excluding diaryl/α,β-unsaturated/α-hetero) is 1. The van der Waals surface area contributed by atoms with E-state index >= 15 is 0 Å². The molecule has 5 N–H and O–H groups in total. The summed E-state index contributed by atoms with van der Waals surface area (Å²) in [4.78, 5) is 51.1. The van der Waals surface area contributed by atoms with Gasteiger partial charge in [0.15, 0.2) is 5.78 Å². The number of halogens is 1. The zero-order valence-corrected chi connectivity index (χ0v) is 20.5. The van der Waals surface area contributed by atoms with Gasteiger partial charge in [-0.25, -0.2) is 0 Å². The molecule has 0 saturated carbocycles. The largest absolute Gasteiger partial charge is 0.508 e. The van der Waals surface area contributed by atoms with E-state index in [0.29, 0.717) is 6.42 Å². The van der Waals surface area contributed by atoms with Crippen molar-refractivity contribution < 1.29 is 24.3 Å². The minimum atomic E-state index is -1.01. The van der Waals surface area contributed by atoms with Crippen molar-refractivity contribution in [3.8, 4) is 5.75 Å². The maximum atomic E-state index is 12.4. The number of benzene rings is 2. The fraction of sp³-hybridized carbons (Fsp3) is 0.360. The van der Waals surface area contributed by atoms with Crippen molar-refractivity contribution in [2.75, 3.05) is 19.5 Å². The van der Waals surface area contributed by atoms with Gasteiger partial charge in [-0.15, -0.1) is 11.6 Å². The summed E-state index contributed by atoms with van der Waals surface area (Å²) >= 11 is 5.76. The van der Waals surface area contributed by atoms with E-state index in [4.69, 9.17) is 17.3 Å². The van der Waals surface area contributed by atoms with Gasteiger partial charge in [0.2, 0.25) is 17.7 Å². The fourth-order valence-corrected chi connectivity index (χ4v) is 3.61. The quantitative estimate of drug-likeness (QED) is 0.314. The predicted molar refractivity (Wildman–Crippen MR) is 133 cm³/mol. The summed E-state index contributed by atoms with van der Waals surface area (Å²) in [6, 6.07) is 13.0. The van der Waals surface area contributed by atoms with Crippen LogP contribution >= 0.6 is 11.6 Å². The van der Waals surface area contributed by atoms with Crippen LogP contribution in [0.2, 0.25) is 0 Å². The van der Waals surface area contributed by atoms with E-state index in [1.54, 1.807) is 19.2 Å². The number of hydrogen-bond acceptors (Lipinski definition) is 7. The number of ketones is 1. The lowest BCUT2D eigenvalue weighted by molar-refractivity contribution is -0.134. The van der Waals surface area contributed by atoms with Gasteiger partial charge in [-0.3, -0.25) is 29.4 Å². The summed E-state index contributed by atoms with van der Waals surface area (Å²) in [5.74, 6) is -2.20. The molecule has 0 fully saturated rings. The van der Waals surface area contributed by atoms with Crippen molar-refractivity contribution in [2.24, 2.45) is 5.73 Å². The number of rotatable bonds is 12. The van der Waals surface area contributed by atoms with Crippen LogP contribution in [0.5, 0.6) is 5.75 Å². The summed E-state index contributed by atoms with van der Waals surface area (Å²) in [5.41, 5.74) is 7.58. The first kappa shape index (κ1) is 28.0.